The molecule has 7 heteroatoms. The van der Waals surface area contributed by atoms with Crippen molar-refractivity contribution in [2.45, 2.75) is 13.8 Å². The monoisotopic (exact) mass is 455 g/mol. The third kappa shape index (κ3) is 3.95. The van der Waals surface area contributed by atoms with Gasteiger partial charge in [-0.15, -0.1) is 0 Å². The van der Waals surface area contributed by atoms with E-state index in [9.17, 15) is 14.4 Å². The van der Waals surface area contributed by atoms with Gasteiger partial charge >= 0.3 is 0 Å². The van der Waals surface area contributed by atoms with Gasteiger partial charge in [-0.2, -0.15) is 0 Å². The van der Waals surface area contributed by atoms with Crippen LogP contribution in [0.1, 0.15) is 42.2 Å². The van der Waals surface area contributed by atoms with E-state index in [4.69, 9.17) is 4.74 Å². The lowest BCUT2D eigenvalue weighted by atomic mass is 10.1. The number of morpholine rings is 1. The second-order valence-corrected chi connectivity index (χ2v) is 8.60. The summed E-state index contributed by atoms with van der Waals surface area (Å²) in [5, 5.41) is 2.87. The molecule has 3 aromatic carbocycles. The van der Waals surface area contributed by atoms with Gasteiger partial charge in [-0.05, 0) is 73.5 Å². The second-order valence-electron chi connectivity index (χ2n) is 8.60. The molecule has 0 unspecified atom stereocenters. The fourth-order valence-corrected chi connectivity index (χ4v) is 4.34. The molecule has 0 spiro atoms. The van der Waals surface area contributed by atoms with Gasteiger partial charge in [-0.3, -0.25) is 14.4 Å². The molecule has 7 nitrogen and oxygen atoms in total. The molecule has 2 aliphatic rings. The van der Waals surface area contributed by atoms with Crippen LogP contribution in [0.5, 0.6) is 0 Å². The van der Waals surface area contributed by atoms with Crippen molar-refractivity contribution in [3.8, 4) is 0 Å². The molecule has 0 saturated carbocycles. The highest BCUT2D eigenvalue weighted by atomic mass is 16.5. The summed E-state index contributed by atoms with van der Waals surface area (Å²) < 4.78 is 5.39. The van der Waals surface area contributed by atoms with Gasteiger partial charge < -0.3 is 15.0 Å². The molecule has 3 aromatic rings. The minimum atomic E-state index is -0.418. The van der Waals surface area contributed by atoms with Crippen LogP contribution < -0.4 is 15.1 Å². The van der Waals surface area contributed by atoms with Crippen LogP contribution in [0.25, 0.3) is 0 Å². The lowest BCUT2D eigenvalue weighted by Gasteiger charge is -2.28. The molecule has 3 amide bonds. The number of carbonyl (C=O) groups excluding carboxylic acids is 3. The minimum Gasteiger partial charge on any atom is -0.378 e. The number of hydrogen-bond donors (Lipinski definition) is 1. The number of rotatable bonds is 4. The van der Waals surface area contributed by atoms with E-state index in [1.54, 1.807) is 12.1 Å². The van der Waals surface area contributed by atoms with Crippen LogP contribution in [0.2, 0.25) is 0 Å². The molecule has 0 bridgehead atoms. The van der Waals surface area contributed by atoms with E-state index in [-0.39, 0.29) is 17.4 Å². The van der Waals surface area contributed by atoms with Crippen molar-refractivity contribution in [1.29, 1.82) is 0 Å². The van der Waals surface area contributed by atoms with E-state index in [1.165, 1.54) is 11.0 Å². The number of hydrogen-bond acceptors (Lipinski definition) is 5. The first-order valence-corrected chi connectivity index (χ1v) is 11.3. The molecule has 5 rings (SSSR count). The highest BCUT2D eigenvalue weighted by Gasteiger charge is 2.37. The number of benzene rings is 3. The van der Waals surface area contributed by atoms with Crippen molar-refractivity contribution in [1.82, 2.24) is 0 Å². The first kappa shape index (κ1) is 21.9. The van der Waals surface area contributed by atoms with E-state index in [0.29, 0.717) is 35.7 Å². The Hall–Kier alpha value is -3.97. The van der Waals surface area contributed by atoms with Crippen LogP contribution in [0.3, 0.4) is 0 Å². The van der Waals surface area contributed by atoms with Gasteiger partial charge in [-0.1, -0.05) is 12.1 Å². The molecular formula is C27H25N3O4. The highest BCUT2D eigenvalue weighted by Crippen LogP contribution is 2.32. The zero-order valence-electron chi connectivity index (χ0n) is 19.1. The predicted octanol–water partition coefficient (Wildman–Crippen LogP) is 4.19. The van der Waals surface area contributed by atoms with Crippen molar-refractivity contribution in [2.24, 2.45) is 0 Å². The topological polar surface area (TPSA) is 79.0 Å². The Morgan fingerprint density at radius 3 is 2.29 bits per heavy atom. The summed E-state index contributed by atoms with van der Waals surface area (Å²) in [6.45, 7) is 6.87. The van der Waals surface area contributed by atoms with Crippen LogP contribution in [0, 0.1) is 13.8 Å². The van der Waals surface area contributed by atoms with Gasteiger partial charge in [0.2, 0.25) is 0 Å². The number of fused-ring (bicyclic) bond motifs is 1. The molecule has 2 heterocycles. The molecule has 34 heavy (non-hydrogen) atoms. The van der Waals surface area contributed by atoms with Crippen LogP contribution >= 0.6 is 0 Å². The fourth-order valence-electron chi connectivity index (χ4n) is 4.34. The zero-order valence-corrected chi connectivity index (χ0v) is 19.1. The molecule has 0 radical (unpaired) electrons. The van der Waals surface area contributed by atoms with Crippen molar-refractivity contribution < 1.29 is 19.1 Å². The maximum atomic E-state index is 13.2. The molecule has 1 fully saturated rings. The third-order valence-corrected chi connectivity index (χ3v) is 6.26. The van der Waals surface area contributed by atoms with E-state index < -0.39 is 5.91 Å². The predicted molar refractivity (Wildman–Crippen MR) is 131 cm³/mol. The van der Waals surface area contributed by atoms with Crippen LogP contribution in [-0.4, -0.2) is 44.0 Å². The average Bonchev–Trinajstić information content (AvgIpc) is 3.11. The average molecular weight is 456 g/mol. The van der Waals surface area contributed by atoms with Crippen molar-refractivity contribution >= 4 is 34.8 Å². The summed E-state index contributed by atoms with van der Waals surface area (Å²) in [6, 6.07) is 17.9. The number of imide groups is 1. The van der Waals surface area contributed by atoms with Crippen LogP contribution in [0.15, 0.2) is 60.7 Å². The quantitative estimate of drug-likeness (QED) is 0.597. The summed E-state index contributed by atoms with van der Waals surface area (Å²) in [5.41, 5.74) is 4.95. The highest BCUT2D eigenvalue weighted by molar-refractivity contribution is 6.35. The first-order chi connectivity index (χ1) is 16.4. The Morgan fingerprint density at radius 2 is 1.56 bits per heavy atom. The smallest absolute Gasteiger partial charge is 0.266 e. The lowest BCUT2D eigenvalue weighted by Crippen LogP contribution is -2.36. The molecule has 0 aromatic heterocycles. The number of amides is 3. The van der Waals surface area contributed by atoms with Gasteiger partial charge in [0.1, 0.15) is 0 Å². The molecular weight excluding hydrogens is 430 g/mol. The van der Waals surface area contributed by atoms with E-state index >= 15 is 0 Å². The molecule has 0 atom stereocenters. The van der Waals surface area contributed by atoms with Gasteiger partial charge in [0, 0.05) is 30.0 Å². The van der Waals surface area contributed by atoms with Crippen molar-refractivity contribution in [3.63, 3.8) is 0 Å². The van der Waals surface area contributed by atoms with Crippen LogP contribution in [-0.2, 0) is 4.74 Å². The Balaban J connectivity index is 1.35. The number of carbonyl (C=O) groups is 3. The Labute approximate surface area is 197 Å². The second kappa shape index (κ2) is 8.76. The normalized spacial score (nSPS) is 15.5. The molecule has 2 aliphatic heterocycles. The van der Waals surface area contributed by atoms with Crippen LogP contribution in [0.4, 0.5) is 17.1 Å². The summed E-state index contributed by atoms with van der Waals surface area (Å²) in [6.07, 6.45) is 0. The largest absolute Gasteiger partial charge is 0.378 e. The zero-order chi connectivity index (χ0) is 23.8. The summed E-state index contributed by atoms with van der Waals surface area (Å²) in [4.78, 5) is 42.5. The standard InChI is InChI=1S/C27H25N3O4/c1-17-3-4-18(2)24(15-17)30-26(32)22-10-5-19(16-23(22)27(30)33)25(31)28-20-6-8-21(9-7-20)29-11-13-34-14-12-29/h3-10,15-16H,11-14H2,1-2H3,(H,28,31). The molecule has 1 saturated heterocycles. The lowest BCUT2D eigenvalue weighted by molar-refractivity contribution is 0.0925. The molecule has 0 aliphatic carbocycles. The minimum absolute atomic E-state index is 0.237. The van der Waals surface area contributed by atoms with E-state index in [1.807, 2.05) is 56.3 Å². The van der Waals surface area contributed by atoms with Gasteiger partial charge in [-0.25, -0.2) is 4.90 Å². The molecule has 1 N–H and O–H groups in total. The number of nitrogens with one attached hydrogen (secondary N) is 1. The molecule has 172 valence electrons. The number of ether oxygens (including phenoxy) is 1. The van der Waals surface area contributed by atoms with Crippen molar-refractivity contribution in [2.75, 3.05) is 41.4 Å². The summed E-state index contributed by atoms with van der Waals surface area (Å²) in [5.74, 6) is -1.13. The third-order valence-electron chi connectivity index (χ3n) is 6.26. The summed E-state index contributed by atoms with van der Waals surface area (Å²) >= 11 is 0. The summed E-state index contributed by atoms with van der Waals surface area (Å²) in [7, 11) is 0. The van der Waals surface area contributed by atoms with Gasteiger partial charge in [0.25, 0.3) is 17.7 Å². The van der Waals surface area contributed by atoms with Gasteiger partial charge in [0.15, 0.2) is 0 Å². The Morgan fingerprint density at radius 1 is 0.853 bits per heavy atom. The van der Waals surface area contributed by atoms with Crippen molar-refractivity contribution in [3.05, 3.63) is 88.5 Å². The fraction of sp³-hybridized carbons (Fsp3) is 0.222. The number of aryl methyl sites for hydroxylation is 2. The first-order valence-electron chi connectivity index (χ1n) is 11.3. The number of nitrogens with zero attached hydrogens (tertiary/aromatic N) is 2. The maximum absolute atomic E-state index is 13.2. The number of anilines is 3. The SMILES string of the molecule is Cc1ccc(C)c(N2C(=O)c3ccc(C(=O)Nc4ccc(N5CCOCC5)cc4)cc3C2=O)c1. The van der Waals surface area contributed by atoms with E-state index in [0.717, 1.165) is 29.9 Å². The van der Waals surface area contributed by atoms with Gasteiger partial charge in [0.05, 0.1) is 30.0 Å². The Bertz CT molecular complexity index is 1290. The van der Waals surface area contributed by atoms with E-state index in [2.05, 4.69) is 10.2 Å². The Kier molecular flexibility index (Phi) is 5.63. The maximum Gasteiger partial charge on any atom is 0.266 e.